The van der Waals surface area contributed by atoms with E-state index in [4.69, 9.17) is 4.74 Å². The van der Waals surface area contributed by atoms with Gasteiger partial charge in [0.25, 0.3) is 0 Å². The van der Waals surface area contributed by atoms with Gasteiger partial charge in [0.15, 0.2) is 0 Å². The van der Waals surface area contributed by atoms with Crippen molar-refractivity contribution in [2.45, 2.75) is 19.3 Å². The van der Waals surface area contributed by atoms with E-state index in [1.165, 1.54) is 31.4 Å². The maximum Gasteiger partial charge on any atom is 0.216 e. The Labute approximate surface area is 108 Å². The second kappa shape index (κ2) is 5.53. The first kappa shape index (κ1) is 11.7. The summed E-state index contributed by atoms with van der Waals surface area (Å²) < 4.78 is 5.47. The van der Waals surface area contributed by atoms with Gasteiger partial charge in [-0.05, 0) is 56.0 Å². The molecule has 1 aromatic rings. The third-order valence-electron chi connectivity index (χ3n) is 3.71. The highest BCUT2D eigenvalue weighted by atomic mass is 16.5. The Morgan fingerprint density at radius 3 is 2.83 bits per heavy atom. The largest absolute Gasteiger partial charge is 0.476 e. The van der Waals surface area contributed by atoms with E-state index in [2.05, 4.69) is 34.6 Å². The van der Waals surface area contributed by atoms with Crippen molar-refractivity contribution >= 4 is 5.90 Å². The lowest BCUT2D eigenvalue weighted by atomic mass is 9.92. The lowest BCUT2D eigenvalue weighted by Crippen LogP contribution is -2.30. The molecule has 1 aromatic carbocycles. The number of nitrogens with one attached hydrogen (secondary N) is 1. The second-order valence-corrected chi connectivity index (χ2v) is 5.15. The summed E-state index contributed by atoms with van der Waals surface area (Å²) in [6, 6.07) is 8.70. The zero-order chi connectivity index (χ0) is 12.2. The molecule has 0 spiro atoms. The normalized spacial score (nSPS) is 23.6. The van der Waals surface area contributed by atoms with Gasteiger partial charge in [-0.1, -0.05) is 12.1 Å². The molecule has 0 aromatic heterocycles. The fourth-order valence-corrected chi connectivity index (χ4v) is 2.72. The van der Waals surface area contributed by atoms with E-state index < -0.39 is 0 Å². The Morgan fingerprint density at radius 2 is 2.17 bits per heavy atom. The van der Waals surface area contributed by atoms with Crippen LogP contribution in [0.4, 0.5) is 0 Å². The Balaban J connectivity index is 1.63. The van der Waals surface area contributed by atoms with Crippen LogP contribution < -0.4 is 5.32 Å². The van der Waals surface area contributed by atoms with Gasteiger partial charge < -0.3 is 10.1 Å². The smallest absolute Gasteiger partial charge is 0.216 e. The van der Waals surface area contributed by atoms with Gasteiger partial charge in [-0.3, -0.25) is 0 Å². The molecule has 1 atom stereocenters. The Hall–Kier alpha value is -1.35. The molecule has 0 bridgehead atoms. The van der Waals surface area contributed by atoms with Crippen LogP contribution in [0.15, 0.2) is 29.3 Å². The third-order valence-corrected chi connectivity index (χ3v) is 3.71. The molecule has 96 valence electrons. The number of hydrogen-bond donors (Lipinski definition) is 1. The van der Waals surface area contributed by atoms with E-state index >= 15 is 0 Å². The summed E-state index contributed by atoms with van der Waals surface area (Å²) in [5, 5.41) is 3.47. The van der Waals surface area contributed by atoms with Gasteiger partial charge in [0.1, 0.15) is 6.61 Å². The Bertz CT molecular complexity index is 419. The monoisotopic (exact) mass is 244 g/mol. The number of rotatable bonds is 3. The molecule has 0 saturated carbocycles. The summed E-state index contributed by atoms with van der Waals surface area (Å²) in [5.74, 6) is 1.60. The minimum atomic E-state index is 0.727. The molecule has 2 heterocycles. The third kappa shape index (κ3) is 2.72. The van der Waals surface area contributed by atoms with Crippen LogP contribution in [0.5, 0.6) is 0 Å². The number of nitrogens with zero attached hydrogens (tertiary/aromatic N) is 1. The van der Waals surface area contributed by atoms with Gasteiger partial charge in [-0.2, -0.15) is 0 Å². The molecule has 1 unspecified atom stereocenters. The number of benzene rings is 1. The maximum atomic E-state index is 5.47. The standard InChI is InChI=1S/C15H20N2O/c1-2-13(11-16-7-1)10-12-3-5-14(6-4-12)15-17-8-9-18-15/h3-6,13,16H,1-2,7-11H2. The molecular weight excluding hydrogens is 224 g/mol. The number of piperidine rings is 1. The van der Waals surface area contributed by atoms with Crippen molar-refractivity contribution in [2.24, 2.45) is 10.9 Å². The van der Waals surface area contributed by atoms with Gasteiger partial charge in [-0.15, -0.1) is 0 Å². The summed E-state index contributed by atoms with van der Waals surface area (Å²) >= 11 is 0. The molecule has 2 aliphatic rings. The molecule has 1 fully saturated rings. The number of hydrogen-bond acceptors (Lipinski definition) is 3. The summed E-state index contributed by atoms with van der Waals surface area (Å²) in [7, 11) is 0. The lowest BCUT2D eigenvalue weighted by molar-refractivity contribution is 0.348. The van der Waals surface area contributed by atoms with Gasteiger partial charge in [0.05, 0.1) is 6.54 Å². The molecule has 3 heteroatoms. The van der Waals surface area contributed by atoms with Crippen LogP contribution in [0.25, 0.3) is 0 Å². The summed E-state index contributed by atoms with van der Waals surface area (Å²) in [6.07, 6.45) is 3.85. The molecule has 18 heavy (non-hydrogen) atoms. The second-order valence-electron chi connectivity index (χ2n) is 5.15. The fraction of sp³-hybridized carbons (Fsp3) is 0.533. The van der Waals surface area contributed by atoms with E-state index in [1.54, 1.807) is 0 Å². The van der Waals surface area contributed by atoms with Crippen LogP contribution in [0, 0.1) is 5.92 Å². The first-order valence-electron chi connectivity index (χ1n) is 6.89. The van der Waals surface area contributed by atoms with Crippen LogP contribution in [0.1, 0.15) is 24.0 Å². The summed E-state index contributed by atoms with van der Waals surface area (Å²) in [4.78, 5) is 4.34. The highest BCUT2D eigenvalue weighted by Crippen LogP contribution is 2.17. The van der Waals surface area contributed by atoms with Crippen LogP contribution in [-0.2, 0) is 11.2 Å². The van der Waals surface area contributed by atoms with Gasteiger partial charge in [0.2, 0.25) is 5.90 Å². The first-order chi connectivity index (χ1) is 8.92. The number of ether oxygens (including phenoxy) is 1. The van der Waals surface area contributed by atoms with Gasteiger partial charge in [0, 0.05) is 5.56 Å². The molecular formula is C15H20N2O. The summed E-state index contributed by atoms with van der Waals surface area (Å²) in [6.45, 7) is 3.87. The van der Waals surface area contributed by atoms with Crippen LogP contribution in [0.2, 0.25) is 0 Å². The quantitative estimate of drug-likeness (QED) is 0.882. The SMILES string of the molecule is c1cc(C2=NCCO2)ccc1CC1CCCNC1. The minimum absolute atomic E-state index is 0.727. The summed E-state index contributed by atoms with van der Waals surface area (Å²) in [5.41, 5.74) is 2.53. The Kier molecular flexibility index (Phi) is 3.60. The molecule has 1 saturated heterocycles. The number of aliphatic imine (C=N–C) groups is 1. The van der Waals surface area contributed by atoms with Crippen molar-refractivity contribution in [3.63, 3.8) is 0 Å². The maximum absolute atomic E-state index is 5.47. The highest BCUT2D eigenvalue weighted by Gasteiger charge is 2.14. The van der Waals surface area contributed by atoms with Crippen molar-refractivity contribution in [1.82, 2.24) is 5.32 Å². The van der Waals surface area contributed by atoms with Crippen molar-refractivity contribution in [2.75, 3.05) is 26.2 Å². The molecule has 1 N–H and O–H groups in total. The molecule has 3 nitrogen and oxygen atoms in total. The van der Waals surface area contributed by atoms with Crippen molar-refractivity contribution < 1.29 is 4.74 Å². The van der Waals surface area contributed by atoms with Crippen LogP contribution in [-0.4, -0.2) is 32.1 Å². The topological polar surface area (TPSA) is 33.6 Å². The molecule has 0 amide bonds. The molecule has 0 aliphatic carbocycles. The average Bonchev–Trinajstić information content (AvgIpc) is 2.95. The van der Waals surface area contributed by atoms with Crippen LogP contribution in [0.3, 0.4) is 0 Å². The van der Waals surface area contributed by atoms with E-state index in [9.17, 15) is 0 Å². The lowest BCUT2D eigenvalue weighted by Gasteiger charge is -2.22. The van der Waals surface area contributed by atoms with E-state index in [0.29, 0.717) is 0 Å². The highest BCUT2D eigenvalue weighted by molar-refractivity contribution is 5.94. The van der Waals surface area contributed by atoms with Gasteiger partial charge >= 0.3 is 0 Å². The fourth-order valence-electron chi connectivity index (χ4n) is 2.72. The minimum Gasteiger partial charge on any atom is -0.476 e. The van der Waals surface area contributed by atoms with Gasteiger partial charge in [-0.25, -0.2) is 4.99 Å². The average molecular weight is 244 g/mol. The van der Waals surface area contributed by atoms with E-state index in [0.717, 1.165) is 37.1 Å². The predicted molar refractivity (Wildman–Crippen MR) is 73.1 cm³/mol. The van der Waals surface area contributed by atoms with Crippen LogP contribution >= 0.6 is 0 Å². The van der Waals surface area contributed by atoms with Crippen molar-refractivity contribution in [3.8, 4) is 0 Å². The molecule has 2 aliphatic heterocycles. The first-order valence-corrected chi connectivity index (χ1v) is 6.89. The molecule has 0 radical (unpaired) electrons. The van der Waals surface area contributed by atoms with E-state index in [-0.39, 0.29) is 0 Å². The predicted octanol–water partition coefficient (Wildman–Crippen LogP) is 2.01. The zero-order valence-corrected chi connectivity index (χ0v) is 10.7. The molecule has 3 rings (SSSR count). The van der Waals surface area contributed by atoms with Crippen molar-refractivity contribution in [1.29, 1.82) is 0 Å². The Morgan fingerprint density at radius 1 is 1.28 bits per heavy atom. The van der Waals surface area contributed by atoms with E-state index in [1.807, 2.05) is 0 Å². The zero-order valence-electron chi connectivity index (χ0n) is 10.7. The van der Waals surface area contributed by atoms with Crippen molar-refractivity contribution in [3.05, 3.63) is 35.4 Å².